The summed E-state index contributed by atoms with van der Waals surface area (Å²) in [7, 11) is -6.32. The van der Waals surface area contributed by atoms with Gasteiger partial charge in [0.1, 0.15) is 0 Å². The molecule has 3 aromatic carbocycles. The van der Waals surface area contributed by atoms with E-state index in [1.165, 1.54) is 12.1 Å². The molecule has 0 spiro atoms. The summed E-state index contributed by atoms with van der Waals surface area (Å²) in [5.74, 6) is -1.59. The van der Waals surface area contributed by atoms with E-state index in [4.69, 9.17) is 23.2 Å². The molecule has 0 radical (unpaired) electrons. The normalized spacial score (nSPS) is 22.3. The fourth-order valence-corrected chi connectivity index (χ4v) is 7.90. The van der Waals surface area contributed by atoms with Crippen LogP contribution >= 0.6 is 23.2 Å². The molecular formula is C30H31Cl2N3O6S2. The molecule has 228 valence electrons. The first-order chi connectivity index (χ1) is 20.4. The zero-order valence-electron chi connectivity index (χ0n) is 23.2. The first kappa shape index (κ1) is 31.5. The van der Waals surface area contributed by atoms with Crippen LogP contribution in [0.4, 0.5) is 0 Å². The van der Waals surface area contributed by atoms with E-state index in [0.717, 1.165) is 19.1 Å². The minimum absolute atomic E-state index is 0.115. The van der Waals surface area contributed by atoms with Crippen LogP contribution in [0.1, 0.15) is 64.7 Å². The number of rotatable bonds is 8. The highest BCUT2D eigenvalue weighted by Crippen LogP contribution is 2.47. The van der Waals surface area contributed by atoms with Crippen molar-refractivity contribution in [3.05, 3.63) is 99.0 Å². The molecule has 1 fully saturated rings. The molecule has 9 nitrogen and oxygen atoms in total. The van der Waals surface area contributed by atoms with Crippen LogP contribution in [0.3, 0.4) is 0 Å². The van der Waals surface area contributed by atoms with Crippen LogP contribution < -0.4 is 10.0 Å². The Bertz CT molecular complexity index is 1720. The summed E-state index contributed by atoms with van der Waals surface area (Å²) in [5, 5.41) is 3.63. The number of nitrogens with one attached hydrogen (secondary N) is 2. The van der Waals surface area contributed by atoms with E-state index in [1.54, 1.807) is 59.5 Å². The Labute approximate surface area is 262 Å². The average molecular weight is 665 g/mol. The number of carbonyl (C=O) groups is 2. The number of sulfonamides is 1. The van der Waals surface area contributed by atoms with Crippen molar-refractivity contribution < 1.29 is 26.4 Å². The lowest BCUT2D eigenvalue weighted by molar-refractivity contribution is -0.124. The largest absolute Gasteiger partial charge is 0.351 e. The van der Waals surface area contributed by atoms with Crippen molar-refractivity contribution in [2.45, 2.75) is 61.2 Å². The topological polar surface area (TPSA) is 130 Å². The maximum atomic E-state index is 14.3. The first-order valence-corrected chi connectivity index (χ1v) is 17.6. The number of thiol groups is 1. The molecule has 0 unspecified atom stereocenters. The minimum Gasteiger partial charge on any atom is -0.351 e. The van der Waals surface area contributed by atoms with Gasteiger partial charge in [-0.1, -0.05) is 72.4 Å². The fourth-order valence-electron chi connectivity index (χ4n) is 6.16. The van der Waals surface area contributed by atoms with E-state index in [0.29, 0.717) is 40.1 Å². The van der Waals surface area contributed by atoms with E-state index >= 15 is 0 Å². The van der Waals surface area contributed by atoms with Crippen molar-refractivity contribution in [3.63, 3.8) is 0 Å². The van der Waals surface area contributed by atoms with Crippen molar-refractivity contribution in [2.24, 2.45) is 0 Å². The second-order valence-electron chi connectivity index (χ2n) is 10.9. The Balaban J connectivity index is 1.61. The van der Waals surface area contributed by atoms with E-state index in [2.05, 4.69) is 10.0 Å². The predicted molar refractivity (Wildman–Crippen MR) is 165 cm³/mol. The van der Waals surface area contributed by atoms with E-state index in [1.807, 2.05) is 0 Å². The smallest absolute Gasteiger partial charge is 0.255 e. The molecule has 1 saturated carbocycles. The molecule has 0 saturated heterocycles. The molecule has 5 rings (SSSR count). The fraction of sp³-hybridized carbons (Fsp3) is 0.333. The van der Waals surface area contributed by atoms with Gasteiger partial charge >= 0.3 is 0 Å². The van der Waals surface area contributed by atoms with E-state index < -0.39 is 44.8 Å². The van der Waals surface area contributed by atoms with Crippen LogP contribution in [0, 0.1) is 0 Å². The monoisotopic (exact) mass is 663 g/mol. The van der Waals surface area contributed by atoms with Crippen LogP contribution in [-0.4, -0.2) is 51.9 Å². The van der Waals surface area contributed by atoms with Crippen molar-refractivity contribution in [2.75, 3.05) is 6.26 Å². The van der Waals surface area contributed by atoms with Gasteiger partial charge in [0.15, 0.2) is 10.7 Å². The van der Waals surface area contributed by atoms with Gasteiger partial charge in [0.05, 0.1) is 23.1 Å². The number of carbonyl (C=O) groups excluding carboxylic acids is 2. The van der Waals surface area contributed by atoms with Gasteiger partial charge in [-0.05, 0) is 59.9 Å². The van der Waals surface area contributed by atoms with Gasteiger partial charge in [-0.25, -0.2) is 21.6 Å². The summed E-state index contributed by atoms with van der Waals surface area (Å²) in [6.07, 6.45) is 3.73. The molecule has 1 aliphatic heterocycles. The Morgan fingerprint density at radius 3 is 2.35 bits per heavy atom. The molecule has 1 heterocycles. The Hall–Kier alpha value is -2.96. The van der Waals surface area contributed by atoms with Gasteiger partial charge in [-0.15, -0.1) is 0 Å². The van der Waals surface area contributed by atoms with Crippen molar-refractivity contribution >= 4 is 55.7 Å². The summed E-state index contributed by atoms with van der Waals surface area (Å²) in [6, 6.07) is 16.1. The highest BCUT2D eigenvalue weighted by Gasteiger charge is 2.49. The zero-order chi connectivity index (χ0) is 30.9. The summed E-state index contributed by atoms with van der Waals surface area (Å²) in [6.45, 7) is 0.115. The average Bonchev–Trinajstić information content (AvgIpc) is 2.96. The van der Waals surface area contributed by atoms with E-state index in [-0.39, 0.29) is 28.3 Å². The maximum Gasteiger partial charge on any atom is 0.255 e. The molecule has 43 heavy (non-hydrogen) atoms. The van der Waals surface area contributed by atoms with Crippen LogP contribution in [-0.2, 0) is 32.1 Å². The lowest BCUT2D eigenvalue weighted by Gasteiger charge is -2.49. The van der Waals surface area contributed by atoms with Crippen molar-refractivity contribution in [1.82, 2.24) is 14.9 Å². The standard InChI is InChI=1S/C30H31Cl2N3O6S2/c1-43(40,41)34-25-8-4-5-9-26(25)35-28(23-15-12-19(31)16-24(23)32)27(21-6-2-3-7-22(21)30(35)37)29(36)33-17-18-10-13-20(14-11-18)42(38)39/h2-3,6-7,10-16,25-28,34,42H,4-5,8-9,17H2,1H3,(H,33,36)/t25-,26-,27+,28-/m0/s1. The summed E-state index contributed by atoms with van der Waals surface area (Å²) in [4.78, 5) is 30.3. The number of fused-ring (bicyclic) bond motifs is 1. The molecule has 2 amide bonds. The number of amides is 2. The Morgan fingerprint density at radius 1 is 0.977 bits per heavy atom. The van der Waals surface area contributed by atoms with Gasteiger partial charge in [0.25, 0.3) is 5.91 Å². The third-order valence-electron chi connectivity index (χ3n) is 8.01. The SMILES string of the molecule is CS(=O)(=O)N[C@H]1CCCC[C@@H]1N1C(=O)c2ccccc2[C@@H](C(=O)NCc2ccc([SH](=O)=O)cc2)[C@@H]1c1ccc(Cl)cc1Cl. The molecule has 4 atom stereocenters. The number of halogens is 2. The Morgan fingerprint density at radius 2 is 1.67 bits per heavy atom. The van der Waals surface area contributed by atoms with Crippen LogP contribution in [0.5, 0.6) is 0 Å². The molecule has 0 aromatic heterocycles. The molecule has 3 aromatic rings. The summed E-state index contributed by atoms with van der Waals surface area (Å²) in [5.41, 5.74) is 2.09. The number of nitrogens with zero attached hydrogens (tertiary/aromatic N) is 1. The van der Waals surface area contributed by atoms with Gasteiger partial charge in [0, 0.05) is 34.2 Å². The minimum atomic E-state index is -3.60. The number of hydrogen-bond donors (Lipinski definition) is 3. The van der Waals surface area contributed by atoms with Gasteiger partial charge < -0.3 is 10.2 Å². The second kappa shape index (κ2) is 13.0. The van der Waals surface area contributed by atoms with Crippen molar-refractivity contribution in [1.29, 1.82) is 0 Å². The first-order valence-electron chi connectivity index (χ1n) is 13.8. The highest BCUT2D eigenvalue weighted by molar-refractivity contribution is 7.88. The van der Waals surface area contributed by atoms with Crippen LogP contribution in [0.25, 0.3) is 0 Å². The van der Waals surface area contributed by atoms with Gasteiger partial charge in [0.2, 0.25) is 15.9 Å². The highest BCUT2D eigenvalue weighted by atomic mass is 35.5. The molecule has 1 aliphatic carbocycles. The molecule has 13 heteroatoms. The third-order valence-corrected chi connectivity index (χ3v) is 10.0. The lowest BCUT2D eigenvalue weighted by Crippen LogP contribution is -2.59. The second-order valence-corrected chi connectivity index (χ2v) is 14.5. The molecular weight excluding hydrogens is 633 g/mol. The number of benzene rings is 3. The van der Waals surface area contributed by atoms with Gasteiger partial charge in [-0.2, -0.15) is 0 Å². The summed E-state index contributed by atoms with van der Waals surface area (Å²) >= 11 is 13.0. The maximum absolute atomic E-state index is 14.3. The molecule has 0 bridgehead atoms. The van der Waals surface area contributed by atoms with E-state index in [9.17, 15) is 26.4 Å². The van der Waals surface area contributed by atoms with Crippen LogP contribution in [0.2, 0.25) is 10.0 Å². The molecule has 2 N–H and O–H groups in total. The number of hydrogen-bond acceptors (Lipinski definition) is 6. The van der Waals surface area contributed by atoms with Crippen LogP contribution in [0.15, 0.2) is 71.6 Å². The van der Waals surface area contributed by atoms with Gasteiger partial charge in [-0.3, -0.25) is 9.59 Å². The lowest BCUT2D eigenvalue weighted by atomic mass is 9.76. The molecule has 2 aliphatic rings. The summed E-state index contributed by atoms with van der Waals surface area (Å²) < 4.78 is 50.0. The third kappa shape index (κ3) is 6.91. The quantitative estimate of drug-likeness (QED) is 0.306. The zero-order valence-corrected chi connectivity index (χ0v) is 26.4. The van der Waals surface area contributed by atoms with Crippen molar-refractivity contribution in [3.8, 4) is 0 Å². The Kier molecular flexibility index (Phi) is 9.48. The predicted octanol–water partition coefficient (Wildman–Crippen LogP) is 4.42.